The number of nitrogens with zero attached hydrogens (tertiary/aromatic N) is 2. The molecule has 1 heterocycles. The number of carbonyl (C=O) groups is 1. The number of carbonyl (C=O) groups excluding carboxylic acids is 1. The lowest BCUT2D eigenvalue weighted by molar-refractivity contribution is 0.0985. The van der Waals surface area contributed by atoms with Crippen molar-refractivity contribution in [1.29, 1.82) is 0 Å². The van der Waals surface area contributed by atoms with Crippen molar-refractivity contribution in [1.82, 2.24) is 4.98 Å². The van der Waals surface area contributed by atoms with Crippen molar-refractivity contribution in [2.75, 3.05) is 4.90 Å². The predicted molar refractivity (Wildman–Crippen MR) is 97.1 cm³/mol. The summed E-state index contributed by atoms with van der Waals surface area (Å²) in [6, 6.07) is 21.7. The molecule has 3 rings (SSSR count). The van der Waals surface area contributed by atoms with Crippen LogP contribution in [0.15, 0.2) is 72.9 Å². The van der Waals surface area contributed by atoms with E-state index in [1.807, 2.05) is 80.6 Å². The van der Waals surface area contributed by atoms with Gasteiger partial charge in [-0.15, -0.1) is 0 Å². The van der Waals surface area contributed by atoms with Crippen LogP contribution in [0.4, 0.5) is 5.69 Å². The Morgan fingerprint density at radius 1 is 0.958 bits per heavy atom. The Labute approximate surface area is 142 Å². The van der Waals surface area contributed by atoms with Crippen LogP contribution in [0, 0.1) is 13.8 Å². The third kappa shape index (κ3) is 3.69. The van der Waals surface area contributed by atoms with Crippen molar-refractivity contribution in [2.45, 2.75) is 20.4 Å². The van der Waals surface area contributed by atoms with E-state index in [0.717, 1.165) is 22.5 Å². The summed E-state index contributed by atoms with van der Waals surface area (Å²) in [5, 5.41) is 0. The molecule has 0 aliphatic rings. The van der Waals surface area contributed by atoms with Crippen LogP contribution in [0.1, 0.15) is 27.2 Å². The first-order chi connectivity index (χ1) is 11.6. The van der Waals surface area contributed by atoms with Crippen LogP contribution < -0.4 is 4.90 Å². The second-order valence-corrected chi connectivity index (χ2v) is 5.90. The smallest absolute Gasteiger partial charge is 0.260 e. The van der Waals surface area contributed by atoms with Crippen molar-refractivity contribution < 1.29 is 4.79 Å². The molecule has 24 heavy (non-hydrogen) atoms. The first-order valence-corrected chi connectivity index (χ1v) is 7.98. The van der Waals surface area contributed by atoms with Crippen LogP contribution in [0.25, 0.3) is 0 Å². The van der Waals surface area contributed by atoms with Gasteiger partial charge in [0.25, 0.3) is 5.91 Å². The molecule has 0 aliphatic carbocycles. The van der Waals surface area contributed by atoms with Crippen LogP contribution in [-0.2, 0) is 6.54 Å². The highest BCUT2D eigenvalue weighted by Gasteiger charge is 2.18. The van der Waals surface area contributed by atoms with E-state index in [1.54, 1.807) is 11.1 Å². The van der Waals surface area contributed by atoms with E-state index in [4.69, 9.17) is 0 Å². The molecule has 0 bridgehead atoms. The highest BCUT2D eigenvalue weighted by Crippen LogP contribution is 2.21. The summed E-state index contributed by atoms with van der Waals surface area (Å²) in [6.07, 6.45) is 1.64. The normalized spacial score (nSPS) is 10.4. The van der Waals surface area contributed by atoms with Gasteiger partial charge in [0.2, 0.25) is 0 Å². The van der Waals surface area contributed by atoms with E-state index in [9.17, 15) is 4.79 Å². The lowest BCUT2D eigenvalue weighted by Gasteiger charge is -2.23. The van der Waals surface area contributed by atoms with Gasteiger partial charge in [-0.2, -0.15) is 0 Å². The lowest BCUT2D eigenvalue weighted by atomic mass is 10.1. The third-order valence-electron chi connectivity index (χ3n) is 3.90. The van der Waals surface area contributed by atoms with Gasteiger partial charge in [-0.1, -0.05) is 42.5 Å². The highest BCUT2D eigenvalue weighted by molar-refractivity contribution is 6.05. The topological polar surface area (TPSA) is 33.2 Å². The van der Waals surface area contributed by atoms with Gasteiger partial charge < -0.3 is 4.90 Å². The maximum atomic E-state index is 13.1. The molecule has 0 aliphatic heterocycles. The van der Waals surface area contributed by atoms with Gasteiger partial charge in [0.15, 0.2) is 0 Å². The van der Waals surface area contributed by atoms with Gasteiger partial charge in [-0.25, -0.2) is 0 Å². The first-order valence-electron chi connectivity index (χ1n) is 7.98. The molecule has 1 amide bonds. The average molecular weight is 316 g/mol. The minimum atomic E-state index is -0.0445. The fraction of sp³-hybridized carbons (Fsp3) is 0.143. The Bertz CT molecular complexity index is 826. The number of hydrogen-bond acceptors (Lipinski definition) is 2. The molecule has 1 aromatic heterocycles. The van der Waals surface area contributed by atoms with E-state index in [1.165, 1.54) is 0 Å². The van der Waals surface area contributed by atoms with Crippen LogP contribution in [-0.4, -0.2) is 10.9 Å². The van der Waals surface area contributed by atoms with Crippen molar-refractivity contribution in [2.24, 2.45) is 0 Å². The summed E-state index contributed by atoms with van der Waals surface area (Å²) in [4.78, 5) is 19.1. The molecule has 0 spiro atoms. The number of amides is 1. The number of hydrogen-bond donors (Lipinski definition) is 0. The zero-order valence-electron chi connectivity index (χ0n) is 13.9. The Hall–Kier alpha value is -2.94. The molecule has 0 radical (unpaired) electrons. The van der Waals surface area contributed by atoms with Crippen LogP contribution in [0.3, 0.4) is 0 Å². The Morgan fingerprint density at radius 3 is 2.42 bits per heavy atom. The molecule has 0 saturated heterocycles. The van der Waals surface area contributed by atoms with Crippen molar-refractivity contribution in [3.63, 3.8) is 0 Å². The van der Waals surface area contributed by atoms with Gasteiger partial charge in [0, 0.05) is 17.6 Å². The van der Waals surface area contributed by atoms with Crippen molar-refractivity contribution in [3.8, 4) is 0 Å². The average Bonchev–Trinajstić information content (AvgIpc) is 2.61. The number of benzene rings is 2. The fourth-order valence-electron chi connectivity index (χ4n) is 2.59. The molecule has 3 heteroatoms. The summed E-state index contributed by atoms with van der Waals surface area (Å²) in [5.74, 6) is -0.0445. The van der Waals surface area contributed by atoms with Gasteiger partial charge in [-0.3, -0.25) is 9.78 Å². The number of aryl methyl sites for hydroxylation is 2. The van der Waals surface area contributed by atoms with Gasteiger partial charge in [0.1, 0.15) is 0 Å². The summed E-state index contributed by atoms with van der Waals surface area (Å²) in [7, 11) is 0. The number of anilines is 1. The highest BCUT2D eigenvalue weighted by atomic mass is 16.2. The Morgan fingerprint density at radius 2 is 1.75 bits per heavy atom. The largest absolute Gasteiger partial charge is 0.304 e. The third-order valence-corrected chi connectivity index (χ3v) is 3.90. The minimum Gasteiger partial charge on any atom is -0.304 e. The van der Waals surface area contributed by atoms with E-state index in [0.29, 0.717) is 12.1 Å². The Kier molecular flexibility index (Phi) is 4.71. The molecular formula is C21H20N2O. The lowest BCUT2D eigenvalue weighted by Crippen LogP contribution is -2.30. The standard InChI is InChI=1S/C21H20N2O/c1-16-7-6-10-20(13-16)23(15-18-8-4-3-5-9-18)21(24)19-12-11-17(2)22-14-19/h3-14H,15H2,1-2H3. The summed E-state index contributed by atoms with van der Waals surface area (Å²) in [6.45, 7) is 4.47. The number of rotatable bonds is 4. The van der Waals surface area contributed by atoms with E-state index in [-0.39, 0.29) is 5.91 Å². The van der Waals surface area contributed by atoms with E-state index >= 15 is 0 Å². The zero-order chi connectivity index (χ0) is 16.9. The number of pyridine rings is 1. The molecule has 120 valence electrons. The van der Waals surface area contributed by atoms with Crippen LogP contribution in [0.5, 0.6) is 0 Å². The molecule has 2 aromatic carbocycles. The van der Waals surface area contributed by atoms with Gasteiger partial charge in [0.05, 0.1) is 12.1 Å². The fourth-order valence-corrected chi connectivity index (χ4v) is 2.59. The van der Waals surface area contributed by atoms with E-state index < -0.39 is 0 Å². The van der Waals surface area contributed by atoms with Gasteiger partial charge >= 0.3 is 0 Å². The molecule has 3 aromatic rings. The van der Waals surface area contributed by atoms with Crippen LogP contribution >= 0.6 is 0 Å². The summed E-state index contributed by atoms with van der Waals surface area (Å²) in [5.41, 5.74) is 4.60. The van der Waals surface area contributed by atoms with Crippen molar-refractivity contribution >= 4 is 11.6 Å². The quantitative estimate of drug-likeness (QED) is 0.707. The van der Waals surface area contributed by atoms with Gasteiger partial charge in [-0.05, 0) is 49.2 Å². The number of aromatic nitrogens is 1. The summed E-state index contributed by atoms with van der Waals surface area (Å²) >= 11 is 0. The van der Waals surface area contributed by atoms with Crippen molar-refractivity contribution in [3.05, 3.63) is 95.3 Å². The molecule has 0 fully saturated rings. The zero-order valence-corrected chi connectivity index (χ0v) is 13.9. The molecule has 0 atom stereocenters. The second-order valence-electron chi connectivity index (χ2n) is 5.90. The molecule has 3 nitrogen and oxygen atoms in total. The molecule has 0 unspecified atom stereocenters. The van der Waals surface area contributed by atoms with E-state index in [2.05, 4.69) is 4.98 Å². The first kappa shape index (κ1) is 15.9. The molecule has 0 N–H and O–H groups in total. The maximum Gasteiger partial charge on any atom is 0.260 e. The monoisotopic (exact) mass is 316 g/mol. The minimum absolute atomic E-state index is 0.0445. The molecule has 0 saturated carbocycles. The molecular weight excluding hydrogens is 296 g/mol. The maximum absolute atomic E-state index is 13.1. The van der Waals surface area contributed by atoms with Crippen LogP contribution in [0.2, 0.25) is 0 Å². The SMILES string of the molecule is Cc1cccc(N(Cc2ccccc2)C(=O)c2ccc(C)nc2)c1. The second kappa shape index (κ2) is 7.09. The predicted octanol–water partition coefficient (Wildman–Crippen LogP) is 4.55. The summed E-state index contributed by atoms with van der Waals surface area (Å²) < 4.78 is 0. The Balaban J connectivity index is 1.97.